The number of rotatable bonds is 5. The molecule has 0 spiro atoms. The third-order valence-electron chi connectivity index (χ3n) is 2.95. The average Bonchev–Trinajstić information content (AvgIpc) is 2.84. The molecular weight excluding hydrogens is 238 g/mol. The van der Waals surface area contributed by atoms with E-state index in [-0.39, 0.29) is 0 Å². The van der Waals surface area contributed by atoms with Gasteiger partial charge in [0.25, 0.3) is 0 Å². The molecule has 0 saturated carbocycles. The number of hydrogen-bond donors (Lipinski definition) is 1. The Morgan fingerprint density at radius 1 is 1.21 bits per heavy atom. The zero-order chi connectivity index (χ0) is 13.8. The molecule has 0 bridgehead atoms. The molecule has 0 radical (unpaired) electrons. The van der Waals surface area contributed by atoms with Crippen LogP contribution in [0.4, 0.5) is 5.82 Å². The van der Waals surface area contributed by atoms with Gasteiger partial charge in [-0.25, -0.2) is 14.6 Å². The standard InChI is InChI=1S/C14H21N5/c1-5-7-15-13-11(4)14(18-12(6-2)17-13)19-9-10(3)8-16-19/h8-9H,5-7H2,1-4H3,(H,15,17,18). The lowest BCUT2D eigenvalue weighted by Gasteiger charge is -2.13. The molecule has 0 aliphatic heterocycles. The van der Waals surface area contributed by atoms with E-state index in [9.17, 15) is 0 Å². The van der Waals surface area contributed by atoms with Crippen LogP contribution in [0.15, 0.2) is 12.4 Å². The smallest absolute Gasteiger partial charge is 0.162 e. The Balaban J connectivity index is 2.47. The van der Waals surface area contributed by atoms with Gasteiger partial charge in [-0.05, 0) is 25.8 Å². The lowest BCUT2D eigenvalue weighted by Crippen LogP contribution is -2.12. The number of aromatic nitrogens is 4. The minimum atomic E-state index is 0.814. The van der Waals surface area contributed by atoms with Gasteiger partial charge in [0, 0.05) is 24.7 Å². The molecule has 0 aliphatic rings. The van der Waals surface area contributed by atoms with Crippen molar-refractivity contribution in [2.75, 3.05) is 11.9 Å². The molecule has 1 N–H and O–H groups in total. The Morgan fingerprint density at radius 2 is 2.00 bits per heavy atom. The van der Waals surface area contributed by atoms with Crippen molar-refractivity contribution in [3.05, 3.63) is 29.3 Å². The monoisotopic (exact) mass is 259 g/mol. The first-order chi connectivity index (χ1) is 9.15. The van der Waals surface area contributed by atoms with Crippen molar-refractivity contribution in [2.24, 2.45) is 0 Å². The number of nitrogens with zero attached hydrogens (tertiary/aromatic N) is 4. The lowest BCUT2D eigenvalue weighted by atomic mass is 10.3. The van der Waals surface area contributed by atoms with Gasteiger partial charge in [0.05, 0.1) is 6.20 Å². The van der Waals surface area contributed by atoms with Gasteiger partial charge in [-0.3, -0.25) is 0 Å². The van der Waals surface area contributed by atoms with Gasteiger partial charge in [0.1, 0.15) is 11.6 Å². The van der Waals surface area contributed by atoms with Crippen LogP contribution in [-0.4, -0.2) is 26.3 Å². The van der Waals surface area contributed by atoms with Crippen LogP contribution in [-0.2, 0) is 6.42 Å². The molecule has 102 valence electrons. The van der Waals surface area contributed by atoms with Crippen LogP contribution >= 0.6 is 0 Å². The zero-order valence-corrected chi connectivity index (χ0v) is 12.1. The fraction of sp³-hybridized carbons (Fsp3) is 0.500. The molecule has 5 nitrogen and oxygen atoms in total. The highest BCUT2D eigenvalue weighted by Gasteiger charge is 2.12. The highest BCUT2D eigenvalue weighted by atomic mass is 15.3. The van der Waals surface area contributed by atoms with Gasteiger partial charge in [-0.1, -0.05) is 13.8 Å². The first-order valence-electron chi connectivity index (χ1n) is 6.78. The van der Waals surface area contributed by atoms with E-state index >= 15 is 0 Å². The second kappa shape index (κ2) is 5.82. The van der Waals surface area contributed by atoms with Gasteiger partial charge in [-0.15, -0.1) is 0 Å². The normalized spacial score (nSPS) is 10.7. The van der Waals surface area contributed by atoms with Gasteiger partial charge < -0.3 is 5.32 Å². The average molecular weight is 259 g/mol. The summed E-state index contributed by atoms with van der Waals surface area (Å²) in [6.07, 6.45) is 5.71. The van der Waals surface area contributed by atoms with Crippen molar-refractivity contribution < 1.29 is 0 Å². The van der Waals surface area contributed by atoms with Crippen LogP contribution in [0.25, 0.3) is 5.82 Å². The molecule has 2 aromatic rings. The second-order valence-electron chi connectivity index (χ2n) is 4.68. The summed E-state index contributed by atoms with van der Waals surface area (Å²) >= 11 is 0. The molecule has 0 fully saturated rings. The maximum absolute atomic E-state index is 4.59. The van der Waals surface area contributed by atoms with E-state index in [1.54, 1.807) is 0 Å². The van der Waals surface area contributed by atoms with Gasteiger partial charge in [-0.2, -0.15) is 5.10 Å². The molecular formula is C14H21N5. The van der Waals surface area contributed by atoms with Gasteiger partial charge in [0.15, 0.2) is 5.82 Å². The third-order valence-corrected chi connectivity index (χ3v) is 2.95. The first-order valence-corrected chi connectivity index (χ1v) is 6.78. The summed E-state index contributed by atoms with van der Waals surface area (Å²) in [5.74, 6) is 2.61. The van der Waals surface area contributed by atoms with E-state index in [1.807, 2.05) is 30.9 Å². The predicted molar refractivity (Wildman–Crippen MR) is 76.8 cm³/mol. The third kappa shape index (κ3) is 2.92. The van der Waals surface area contributed by atoms with Gasteiger partial charge in [0.2, 0.25) is 0 Å². The molecule has 2 aromatic heterocycles. The zero-order valence-electron chi connectivity index (χ0n) is 12.1. The van der Waals surface area contributed by atoms with Crippen molar-refractivity contribution in [3.8, 4) is 5.82 Å². The predicted octanol–water partition coefficient (Wildman–Crippen LogP) is 2.66. The van der Waals surface area contributed by atoms with Crippen molar-refractivity contribution >= 4 is 5.82 Å². The second-order valence-corrected chi connectivity index (χ2v) is 4.68. The summed E-state index contributed by atoms with van der Waals surface area (Å²) in [6.45, 7) is 9.17. The summed E-state index contributed by atoms with van der Waals surface area (Å²) in [5, 5.41) is 7.70. The van der Waals surface area contributed by atoms with Crippen LogP contribution in [0.2, 0.25) is 0 Å². The van der Waals surface area contributed by atoms with E-state index < -0.39 is 0 Å². The Labute approximate surface area is 114 Å². The largest absolute Gasteiger partial charge is 0.370 e. The van der Waals surface area contributed by atoms with E-state index in [1.165, 1.54) is 0 Å². The van der Waals surface area contributed by atoms with Crippen LogP contribution in [0.5, 0.6) is 0 Å². The molecule has 0 unspecified atom stereocenters. The minimum Gasteiger partial charge on any atom is -0.370 e. The Bertz CT molecular complexity index is 559. The minimum absolute atomic E-state index is 0.814. The number of anilines is 1. The molecule has 0 saturated heterocycles. The van der Waals surface area contributed by atoms with E-state index in [0.29, 0.717) is 0 Å². The maximum Gasteiger partial charge on any atom is 0.162 e. The summed E-state index contributed by atoms with van der Waals surface area (Å²) in [4.78, 5) is 9.15. The van der Waals surface area contributed by atoms with E-state index in [2.05, 4.69) is 34.2 Å². The molecule has 19 heavy (non-hydrogen) atoms. The first kappa shape index (κ1) is 13.5. The van der Waals surface area contributed by atoms with E-state index in [0.717, 1.165) is 48.0 Å². The van der Waals surface area contributed by atoms with E-state index in [4.69, 9.17) is 0 Å². The highest BCUT2D eigenvalue weighted by molar-refractivity contribution is 5.51. The van der Waals surface area contributed by atoms with Crippen molar-refractivity contribution in [2.45, 2.75) is 40.5 Å². The molecule has 5 heteroatoms. The fourth-order valence-corrected chi connectivity index (χ4v) is 1.88. The highest BCUT2D eigenvalue weighted by Crippen LogP contribution is 2.19. The Hall–Kier alpha value is -1.91. The summed E-state index contributed by atoms with van der Waals surface area (Å²) in [5.41, 5.74) is 2.16. The van der Waals surface area contributed by atoms with Gasteiger partial charge >= 0.3 is 0 Å². The maximum atomic E-state index is 4.59. The van der Waals surface area contributed by atoms with Crippen LogP contribution in [0.3, 0.4) is 0 Å². The number of nitrogens with one attached hydrogen (secondary N) is 1. The topological polar surface area (TPSA) is 55.6 Å². The van der Waals surface area contributed by atoms with Crippen molar-refractivity contribution in [3.63, 3.8) is 0 Å². The summed E-state index contributed by atoms with van der Waals surface area (Å²) in [7, 11) is 0. The van der Waals surface area contributed by atoms with Crippen LogP contribution in [0, 0.1) is 13.8 Å². The van der Waals surface area contributed by atoms with Crippen LogP contribution < -0.4 is 5.32 Å². The van der Waals surface area contributed by atoms with Crippen LogP contribution in [0.1, 0.15) is 37.2 Å². The lowest BCUT2D eigenvalue weighted by molar-refractivity contribution is 0.801. The molecule has 0 aliphatic carbocycles. The molecule has 2 heterocycles. The van der Waals surface area contributed by atoms with Crippen molar-refractivity contribution in [1.29, 1.82) is 0 Å². The fourth-order valence-electron chi connectivity index (χ4n) is 1.88. The molecule has 0 amide bonds. The number of hydrogen-bond acceptors (Lipinski definition) is 4. The number of aryl methyl sites for hydroxylation is 2. The van der Waals surface area contributed by atoms with Crippen molar-refractivity contribution in [1.82, 2.24) is 19.7 Å². The molecule has 2 rings (SSSR count). The molecule has 0 aromatic carbocycles. The quantitative estimate of drug-likeness (QED) is 0.897. The molecule has 0 atom stereocenters. The SMILES string of the molecule is CCCNc1nc(CC)nc(-n2cc(C)cn2)c1C. The summed E-state index contributed by atoms with van der Waals surface area (Å²) < 4.78 is 1.82. The summed E-state index contributed by atoms with van der Waals surface area (Å²) in [6, 6.07) is 0. The Morgan fingerprint density at radius 3 is 2.58 bits per heavy atom. The Kier molecular flexibility index (Phi) is 4.14.